The fraction of sp³-hybridized carbons (Fsp3) is 0.552. The molecule has 220 valence electrons. The number of ether oxygens (including phenoxy) is 1. The minimum Gasteiger partial charge on any atom is -0.846 e. The molecule has 2 amide bonds. The van der Waals surface area contributed by atoms with Gasteiger partial charge in [0.1, 0.15) is 5.41 Å². The van der Waals surface area contributed by atoms with Gasteiger partial charge in [0.05, 0.1) is 19.2 Å². The molecule has 38 heavy (non-hydrogen) atoms. The molecule has 1 aliphatic rings. The number of rotatable bonds is 9. The molecule has 0 fully saturated rings. The second kappa shape index (κ2) is 51.8. The summed E-state index contributed by atoms with van der Waals surface area (Å²) in [4.78, 5) is 27.1. The van der Waals surface area contributed by atoms with E-state index in [9.17, 15) is 14.7 Å². The Kier molecular flexibility index (Phi) is 76.8. The van der Waals surface area contributed by atoms with Gasteiger partial charge in [-0.25, -0.2) is 4.99 Å². The summed E-state index contributed by atoms with van der Waals surface area (Å²) in [5.74, 6) is -1.20. The molecule has 0 spiro atoms. The Bertz CT molecular complexity index is 504. The van der Waals surface area contributed by atoms with Gasteiger partial charge >= 0.3 is 29.6 Å². The van der Waals surface area contributed by atoms with Crippen molar-refractivity contribution >= 4 is 17.8 Å². The first-order valence-corrected chi connectivity index (χ1v) is 12.2. The number of carbonyl (C=O) groups excluding carboxylic acids is 2. The van der Waals surface area contributed by atoms with Crippen LogP contribution in [0.15, 0.2) is 70.8 Å². The van der Waals surface area contributed by atoms with Crippen molar-refractivity contribution in [2.45, 2.75) is 66.7 Å². The maximum Gasteiger partial charge on any atom is 1.00 e. The molecule has 2 unspecified atom stereocenters. The van der Waals surface area contributed by atoms with Crippen LogP contribution in [-0.2, 0) is 14.3 Å². The first kappa shape index (κ1) is 56.4. The standard InChI is InChI=1S/C11H18N2O3.C6H14O.C2H6O2.5C2H4.Na/c1-4-6-7(3)11(5-2)8(14)12-10(16)13-9(11)15;1-3-5-7-6-4-2;3-1-2-4;5*1-2;/h7H,4-6H2,1-3H3,(H2,12,13,14,15,16);3-6H2,1-2H3;3-4H,1-2H2;5*1-2H2;/q;;;;;;;;+1/p-1. The van der Waals surface area contributed by atoms with E-state index in [2.05, 4.69) is 89.9 Å². The summed E-state index contributed by atoms with van der Waals surface area (Å²) < 4.78 is 5.13. The van der Waals surface area contributed by atoms with Crippen LogP contribution < -0.4 is 40.0 Å². The topological polar surface area (TPSA) is 131 Å². The van der Waals surface area contributed by atoms with Crippen molar-refractivity contribution in [1.82, 2.24) is 5.32 Å². The molecule has 0 bridgehead atoms. The molecule has 8 nitrogen and oxygen atoms in total. The number of carbonyl (C=O) groups is 2. The summed E-state index contributed by atoms with van der Waals surface area (Å²) in [6, 6.07) is -0.845. The van der Waals surface area contributed by atoms with Crippen LogP contribution in [0.3, 0.4) is 0 Å². The van der Waals surface area contributed by atoms with Crippen LogP contribution in [0.1, 0.15) is 66.7 Å². The normalized spacial score (nSPS) is 14.6. The fourth-order valence-corrected chi connectivity index (χ4v) is 2.69. The molecule has 3 N–H and O–H groups in total. The van der Waals surface area contributed by atoms with E-state index in [1.807, 2.05) is 13.8 Å². The van der Waals surface area contributed by atoms with Crippen molar-refractivity contribution < 1.29 is 59.2 Å². The molecule has 0 aromatic heterocycles. The van der Waals surface area contributed by atoms with Crippen molar-refractivity contribution in [1.29, 1.82) is 0 Å². The Hall–Kier alpha value is -1.81. The monoisotopic (exact) mass is 552 g/mol. The zero-order chi connectivity index (χ0) is 31.3. The Morgan fingerprint density at radius 2 is 1.21 bits per heavy atom. The number of amides is 2. The summed E-state index contributed by atoms with van der Waals surface area (Å²) >= 11 is 0. The van der Waals surface area contributed by atoms with Crippen LogP contribution in [0.25, 0.3) is 0 Å². The molecule has 1 heterocycles. The summed E-state index contributed by atoms with van der Waals surface area (Å²) in [6.45, 7) is 41.5. The van der Waals surface area contributed by atoms with Gasteiger partial charge in [0.15, 0.2) is 0 Å². The van der Waals surface area contributed by atoms with Crippen molar-refractivity contribution in [3.8, 4) is 0 Å². The smallest absolute Gasteiger partial charge is 0.846 e. The Labute approximate surface area is 256 Å². The number of amidine groups is 1. The second-order valence-corrected chi connectivity index (χ2v) is 6.25. The third-order valence-electron chi connectivity index (χ3n) is 4.13. The number of aliphatic hydroxyl groups is 2. The van der Waals surface area contributed by atoms with Crippen LogP contribution in [0.5, 0.6) is 0 Å². The molecule has 0 radical (unpaired) electrons. The van der Waals surface area contributed by atoms with Gasteiger partial charge in [0.25, 0.3) is 5.91 Å². The zero-order valence-electron chi connectivity index (χ0n) is 25.5. The van der Waals surface area contributed by atoms with Gasteiger partial charge in [-0.2, -0.15) is 0 Å². The second-order valence-electron chi connectivity index (χ2n) is 6.25. The van der Waals surface area contributed by atoms with E-state index < -0.39 is 23.3 Å². The number of nitrogens with zero attached hydrogens (tertiary/aromatic N) is 1. The zero-order valence-corrected chi connectivity index (χ0v) is 27.5. The van der Waals surface area contributed by atoms with Gasteiger partial charge < -0.3 is 25.4 Å². The molecule has 1 aliphatic heterocycles. The average Bonchev–Trinajstić information content (AvgIpc) is 2.95. The number of aliphatic hydroxyl groups excluding tert-OH is 2. The summed E-state index contributed by atoms with van der Waals surface area (Å²) in [7, 11) is 0. The first-order valence-electron chi connectivity index (χ1n) is 12.2. The molecule has 1 rings (SSSR count). The third-order valence-corrected chi connectivity index (χ3v) is 4.13. The SMILES string of the molecule is C=C.C=C.C=C.C=C.C=C.CCCC(C)C1(CC)C(=O)N=C([O-])NC1=O.CCCOCCC.OCCO.[Na+]. The molecule has 2 atom stereocenters. The van der Waals surface area contributed by atoms with Crippen molar-refractivity contribution in [2.24, 2.45) is 16.3 Å². The summed E-state index contributed by atoms with van der Waals surface area (Å²) in [5, 5.41) is 28.3. The van der Waals surface area contributed by atoms with Crippen molar-refractivity contribution in [3.63, 3.8) is 0 Å². The summed E-state index contributed by atoms with van der Waals surface area (Å²) in [6.07, 6.45) is 4.30. The Balaban J connectivity index is -0.0000000574. The van der Waals surface area contributed by atoms with Crippen molar-refractivity contribution in [3.05, 3.63) is 65.8 Å². The number of aliphatic imine (C=N–C) groups is 1. The van der Waals surface area contributed by atoms with Gasteiger partial charge in [-0.1, -0.05) is 41.0 Å². The molecule has 0 aromatic rings. The number of nitrogens with one attached hydrogen (secondary N) is 1. The maximum atomic E-state index is 11.9. The average molecular weight is 553 g/mol. The van der Waals surface area contributed by atoms with Gasteiger partial charge in [0, 0.05) is 13.2 Å². The minimum atomic E-state index is -1.15. The van der Waals surface area contributed by atoms with Gasteiger partial charge in [-0.15, -0.1) is 65.8 Å². The molecule has 9 heteroatoms. The third kappa shape index (κ3) is 30.4. The molecule has 0 saturated heterocycles. The largest absolute Gasteiger partial charge is 1.00 e. The van der Waals surface area contributed by atoms with Gasteiger partial charge in [-0.3, -0.25) is 9.59 Å². The Morgan fingerprint density at radius 1 is 0.842 bits per heavy atom. The van der Waals surface area contributed by atoms with E-state index in [0.29, 0.717) is 6.42 Å². The van der Waals surface area contributed by atoms with E-state index in [4.69, 9.17) is 14.9 Å². The van der Waals surface area contributed by atoms with Crippen LogP contribution in [0.4, 0.5) is 0 Å². The van der Waals surface area contributed by atoms with E-state index in [0.717, 1.165) is 38.9 Å². The van der Waals surface area contributed by atoms with E-state index in [-0.39, 0.29) is 48.7 Å². The van der Waals surface area contributed by atoms with Crippen LogP contribution in [0.2, 0.25) is 0 Å². The maximum absolute atomic E-state index is 11.9. The first-order chi connectivity index (χ1) is 17.8. The quantitative estimate of drug-likeness (QED) is 0.174. The predicted molar refractivity (Wildman–Crippen MR) is 159 cm³/mol. The van der Waals surface area contributed by atoms with Crippen LogP contribution >= 0.6 is 0 Å². The molecular weight excluding hydrogens is 495 g/mol. The Morgan fingerprint density at radius 3 is 1.45 bits per heavy atom. The van der Waals surface area contributed by atoms with Crippen molar-refractivity contribution in [2.75, 3.05) is 26.4 Å². The summed E-state index contributed by atoms with van der Waals surface area (Å²) in [5.41, 5.74) is -1.15. The van der Waals surface area contributed by atoms with E-state index in [1.165, 1.54) is 0 Å². The van der Waals surface area contributed by atoms with E-state index in [1.54, 1.807) is 6.92 Å². The fourth-order valence-electron chi connectivity index (χ4n) is 2.69. The number of hydrogen-bond acceptors (Lipinski definition) is 6. The number of hydrogen-bond donors (Lipinski definition) is 3. The van der Waals surface area contributed by atoms with Crippen LogP contribution in [0, 0.1) is 11.3 Å². The molecule has 0 aromatic carbocycles. The van der Waals surface area contributed by atoms with Gasteiger partial charge in [0.2, 0.25) is 5.91 Å². The molecule has 0 aliphatic carbocycles. The predicted octanol–water partition coefficient (Wildman–Crippen LogP) is 2.00. The van der Waals surface area contributed by atoms with Gasteiger partial charge in [-0.05, 0) is 31.6 Å². The molecular formula is C29H57N2NaO6. The van der Waals surface area contributed by atoms with Crippen LogP contribution in [-0.4, -0.2) is 54.5 Å². The molecule has 0 saturated carbocycles. The minimum absolute atomic E-state index is 0. The van der Waals surface area contributed by atoms with E-state index >= 15 is 0 Å².